The summed E-state index contributed by atoms with van der Waals surface area (Å²) < 4.78 is 5.20. The first-order chi connectivity index (χ1) is 6.11. The fraction of sp³-hybridized carbons (Fsp3) is 0.778. The molecule has 0 aromatic carbocycles. The molecule has 1 aliphatic rings. The van der Waals surface area contributed by atoms with E-state index in [1.165, 1.54) is 5.92 Å². The van der Waals surface area contributed by atoms with Gasteiger partial charge in [-0.3, -0.25) is 9.69 Å². The van der Waals surface area contributed by atoms with Gasteiger partial charge < -0.3 is 10.5 Å². The molecule has 75 valence electrons. The van der Waals surface area contributed by atoms with Gasteiger partial charge in [0.05, 0.1) is 13.2 Å². The van der Waals surface area contributed by atoms with Crippen LogP contribution in [0.2, 0.25) is 0 Å². The topological polar surface area (TPSA) is 55.6 Å². The number of hydrogen-bond acceptors (Lipinski definition) is 3. The molecule has 0 bridgehead atoms. The Hall–Kier alpha value is -0.610. The summed E-state index contributed by atoms with van der Waals surface area (Å²) in [7, 11) is 0. The van der Waals surface area contributed by atoms with E-state index in [4.69, 9.17) is 10.5 Å². The van der Waals surface area contributed by atoms with E-state index in [-0.39, 0.29) is 11.9 Å². The van der Waals surface area contributed by atoms with Crippen LogP contribution < -0.4 is 5.73 Å². The Balaban J connectivity index is 2.51. The number of carbonyl (C=O) groups excluding carboxylic acids is 1. The summed E-state index contributed by atoms with van der Waals surface area (Å²) in [6.07, 6.45) is 0. The highest BCUT2D eigenvalue weighted by Gasteiger charge is 2.27. The molecule has 0 aliphatic carbocycles. The number of rotatable bonds is 3. The zero-order chi connectivity index (χ0) is 9.84. The molecule has 2 N–H and O–H groups in total. The van der Waals surface area contributed by atoms with Crippen LogP contribution in [0.25, 0.3) is 0 Å². The molecular formula is C9H17N2O2. The average molecular weight is 185 g/mol. The molecule has 0 spiro atoms. The van der Waals surface area contributed by atoms with Gasteiger partial charge in [-0.2, -0.15) is 0 Å². The van der Waals surface area contributed by atoms with E-state index in [0.717, 1.165) is 13.1 Å². The lowest BCUT2D eigenvalue weighted by Crippen LogP contribution is -2.53. The number of primary amides is 1. The second-order valence-corrected chi connectivity index (χ2v) is 3.67. The molecule has 1 fully saturated rings. The number of hydrogen-bond donors (Lipinski definition) is 1. The lowest BCUT2D eigenvalue weighted by atomic mass is 10.1. The molecule has 4 nitrogen and oxygen atoms in total. The van der Waals surface area contributed by atoms with Gasteiger partial charge in [-0.05, 0) is 5.92 Å². The molecular weight excluding hydrogens is 168 g/mol. The van der Waals surface area contributed by atoms with E-state index in [1.54, 1.807) is 0 Å². The summed E-state index contributed by atoms with van der Waals surface area (Å²) in [6.45, 7) is 6.84. The highest BCUT2D eigenvalue weighted by Crippen LogP contribution is 2.10. The summed E-state index contributed by atoms with van der Waals surface area (Å²) in [5.74, 6) is 0.995. The number of ether oxygens (including phenoxy) is 1. The third kappa shape index (κ3) is 2.97. The van der Waals surface area contributed by atoms with Crippen molar-refractivity contribution < 1.29 is 9.53 Å². The Morgan fingerprint density at radius 3 is 2.85 bits per heavy atom. The summed E-state index contributed by atoms with van der Waals surface area (Å²) in [5, 5.41) is 0. The Kier molecular flexibility index (Phi) is 3.69. The predicted octanol–water partition coefficient (Wildman–Crippen LogP) is -0.213. The standard InChI is InChI=1S/C9H17N2O2/c1-7(2)5-11-3-4-13-6-8(11)9(10)12/h8H,3-6H2,1-2H3,(H2,10,12)/t8-/m0/s1. The van der Waals surface area contributed by atoms with Gasteiger partial charge in [0, 0.05) is 13.1 Å². The van der Waals surface area contributed by atoms with Crippen LogP contribution in [0.4, 0.5) is 0 Å². The molecule has 1 radical (unpaired) electrons. The fourth-order valence-corrected chi connectivity index (χ4v) is 1.50. The first-order valence-electron chi connectivity index (χ1n) is 4.51. The van der Waals surface area contributed by atoms with Crippen LogP contribution in [0, 0.1) is 5.92 Å². The summed E-state index contributed by atoms with van der Waals surface area (Å²) >= 11 is 0. The van der Waals surface area contributed by atoms with Crippen molar-refractivity contribution in [1.29, 1.82) is 0 Å². The Morgan fingerprint density at radius 2 is 2.31 bits per heavy atom. The number of carbonyl (C=O) groups is 1. The molecule has 1 aliphatic heterocycles. The van der Waals surface area contributed by atoms with Crippen LogP contribution in [0.5, 0.6) is 0 Å². The number of nitrogens with two attached hydrogens (primary N) is 1. The predicted molar refractivity (Wildman–Crippen MR) is 50.0 cm³/mol. The minimum Gasteiger partial charge on any atom is -0.378 e. The smallest absolute Gasteiger partial charge is 0.237 e. The molecule has 0 saturated carbocycles. The number of morpholine rings is 1. The Labute approximate surface area is 79.0 Å². The van der Waals surface area contributed by atoms with Gasteiger partial charge in [0.1, 0.15) is 6.04 Å². The van der Waals surface area contributed by atoms with Crippen molar-refractivity contribution in [2.24, 2.45) is 5.73 Å². The van der Waals surface area contributed by atoms with Crippen LogP contribution >= 0.6 is 0 Å². The van der Waals surface area contributed by atoms with E-state index in [2.05, 4.69) is 4.90 Å². The molecule has 1 atom stereocenters. The van der Waals surface area contributed by atoms with E-state index in [9.17, 15) is 4.79 Å². The molecule has 4 heteroatoms. The Bertz CT molecular complexity index is 182. The van der Waals surface area contributed by atoms with Crippen LogP contribution in [-0.4, -0.2) is 43.2 Å². The van der Waals surface area contributed by atoms with Crippen molar-refractivity contribution in [3.63, 3.8) is 0 Å². The highest BCUT2D eigenvalue weighted by atomic mass is 16.5. The summed E-state index contributed by atoms with van der Waals surface area (Å²) in [6, 6.07) is -0.247. The van der Waals surface area contributed by atoms with Gasteiger partial charge in [0.2, 0.25) is 5.91 Å². The van der Waals surface area contributed by atoms with Gasteiger partial charge in [-0.1, -0.05) is 13.8 Å². The first-order valence-corrected chi connectivity index (χ1v) is 4.51. The van der Waals surface area contributed by atoms with E-state index in [0.29, 0.717) is 13.2 Å². The Morgan fingerprint density at radius 1 is 1.62 bits per heavy atom. The normalized spacial score (nSPS) is 25.0. The molecule has 13 heavy (non-hydrogen) atoms. The van der Waals surface area contributed by atoms with E-state index in [1.807, 2.05) is 13.8 Å². The van der Waals surface area contributed by atoms with Crippen molar-refractivity contribution in [1.82, 2.24) is 4.90 Å². The van der Waals surface area contributed by atoms with Crippen molar-refractivity contribution in [3.05, 3.63) is 5.92 Å². The quantitative estimate of drug-likeness (QED) is 0.661. The molecule has 1 saturated heterocycles. The molecule has 0 aromatic heterocycles. The van der Waals surface area contributed by atoms with Gasteiger partial charge >= 0.3 is 0 Å². The highest BCUT2D eigenvalue weighted by molar-refractivity contribution is 5.80. The van der Waals surface area contributed by atoms with Gasteiger partial charge in [-0.25, -0.2) is 0 Å². The lowest BCUT2D eigenvalue weighted by Gasteiger charge is -2.34. The van der Waals surface area contributed by atoms with Crippen molar-refractivity contribution >= 4 is 5.91 Å². The van der Waals surface area contributed by atoms with Crippen LogP contribution in [0.3, 0.4) is 0 Å². The van der Waals surface area contributed by atoms with Gasteiger partial charge in [0.25, 0.3) is 0 Å². The van der Waals surface area contributed by atoms with Gasteiger partial charge in [0.15, 0.2) is 0 Å². The van der Waals surface area contributed by atoms with Crippen molar-refractivity contribution in [2.75, 3.05) is 26.3 Å². The maximum atomic E-state index is 11.0. The largest absolute Gasteiger partial charge is 0.378 e. The molecule has 1 amide bonds. The zero-order valence-corrected chi connectivity index (χ0v) is 8.25. The maximum absolute atomic E-state index is 11.0. The monoisotopic (exact) mass is 185 g/mol. The molecule has 1 rings (SSSR count). The van der Waals surface area contributed by atoms with Crippen LogP contribution in [0.15, 0.2) is 0 Å². The summed E-state index contributed by atoms with van der Waals surface area (Å²) in [5.41, 5.74) is 5.26. The second-order valence-electron chi connectivity index (χ2n) is 3.67. The molecule has 0 aromatic rings. The fourth-order valence-electron chi connectivity index (χ4n) is 1.50. The molecule has 1 heterocycles. The zero-order valence-electron chi connectivity index (χ0n) is 8.25. The lowest BCUT2D eigenvalue weighted by molar-refractivity contribution is -0.129. The molecule has 0 unspecified atom stereocenters. The maximum Gasteiger partial charge on any atom is 0.237 e. The van der Waals surface area contributed by atoms with Crippen LogP contribution in [0.1, 0.15) is 13.8 Å². The SMILES string of the molecule is C[C](C)CN1CCOC[C@H]1C(N)=O. The number of nitrogens with zero attached hydrogens (tertiary/aromatic N) is 1. The van der Waals surface area contributed by atoms with Crippen molar-refractivity contribution in [3.8, 4) is 0 Å². The third-order valence-electron chi connectivity index (χ3n) is 2.09. The minimum atomic E-state index is -0.291. The second kappa shape index (κ2) is 4.58. The van der Waals surface area contributed by atoms with E-state index < -0.39 is 0 Å². The third-order valence-corrected chi connectivity index (χ3v) is 2.09. The number of amides is 1. The van der Waals surface area contributed by atoms with Crippen LogP contribution in [-0.2, 0) is 9.53 Å². The van der Waals surface area contributed by atoms with E-state index >= 15 is 0 Å². The van der Waals surface area contributed by atoms with Gasteiger partial charge in [-0.15, -0.1) is 0 Å². The summed E-state index contributed by atoms with van der Waals surface area (Å²) in [4.78, 5) is 13.1. The average Bonchev–Trinajstić information content (AvgIpc) is 2.03. The van der Waals surface area contributed by atoms with Crippen molar-refractivity contribution in [2.45, 2.75) is 19.9 Å². The first kappa shape index (κ1) is 10.5. The minimum absolute atomic E-state index is 0.247.